The standard InChI is InChI=1S/C15H20O2/c1-3-11-4-6-12(7-5-11)13-8-9-14(16)15(10-13)17-2/h4-7,13,15H,3,8-10H2,1-2H3/t13-,15+/m1/s1. The van der Waals surface area contributed by atoms with Crippen molar-refractivity contribution in [2.24, 2.45) is 0 Å². The normalized spacial score (nSPS) is 24.9. The van der Waals surface area contributed by atoms with Gasteiger partial charge in [-0.15, -0.1) is 0 Å². The van der Waals surface area contributed by atoms with Crippen LogP contribution < -0.4 is 0 Å². The Bertz CT molecular complexity index is 380. The molecule has 1 aromatic rings. The lowest BCUT2D eigenvalue weighted by molar-refractivity contribution is -0.131. The van der Waals surface area contributed by atoms with Gasteiger partial charge in [0.05, 0.1) is 0 Å². The van der Waals surface area contributed by atoms with Crippen LogP contribution in [-0.4, -0.2) is 19.0 Å². The first kappa shape index (κ1) is 12.3. The maximum atomic E-state index is 11.6. The molecule has 2 nitrogen and oxygen atoms in total. The molecule has 2 atom stereocenters. The summed E-state index contributed by atoms with van der Waals surface area (Å²) in [5, 5.41) is 0. The van der Waals surface area contributed by atoms with Crippen LogP contribution in [0.3, 0.4) is 0 Å². The van der Waals surface area contributed by atoms with Crippen LogP contribution in [0, 0.1) is 0 Å². The Morgan fingerprint density at radius 3 is 2.59 bits per heavy atom. The molecule has 0 saturated heterocycles. The van der Waals surface area contributed by atoms with Crippen molar-refractivity contribution in [1.82, 2.24) is 0 Å². The van der Waals surface area contributed by atoms with Gasteiger partial charge in [-0.1, -0.05) is 31.2 Å². The Morgan fingerprint density at radius 2 is 2.00 bits per heavy atom. The SMILES string of the molecule is CCc1ccc([C@@H]2CCC(=O)[C@@H](OC)C2)cc1. The quantitative estimate of drug-likeness (QED) is 0.800. The molecule has 2 rings (SSSR count). The number of rotatable bonds is 3. The molecule has 0 heterocycles. The van der Waals surface area contributed by atoms with Gasteiger partial charge in [0.15, 0.2) is 5.78 Å². The lowest BCUT2D eigenvalue weighted by Crippen LogP contribution is -2.30. The lowest BCUT2D eigenvalue weighted by atomic mass is 9.81. The summed E-state index contributed by atoms with van der Waals surface area (Å²) in [4.78, 5) is 11.6. The summed E-state index contributed by atoms with van der Waals surface area (Å²) in [6.07, 6.45) is 3.33. The molecule has 2 heteroatoms. The first-order valence-electron chi connectivity index (χ1n) is 6.39. The predicted octanol–water partition coefficient (Wildman–Crippen LogP) is 3.10. The van der Waals surface area contributed by atoms with Crippen molar-refractivity contribution in [1.29, 1.82) is 0 Å². The molecule has 0 spiro atoms. The number of aryl methyl sites for hydroxylation is 1. The summed E-state index contributed by atoms with van der Waals surface area (Å²) < 4.78 is 5.25. The summed E-state index contributed by atoms with van der Waals surface area (Å²) in [5.41, 5.74) is 2.71. The van der Waals surface area contributed by atoms with Crippen LogP contribution in [0.15, 0.2) is 24.3 Å². The largest absolute Gasteiger partial charge is 0.374 e. The van der Waals surface area contributed by atoms with Gasteiger partial charge in [0.2, 0.25) is 0 Å². The molecule has 1 aliphatic carbocycles. The third kappa shape index (κ3) is 2.75. The number of Topliss-reactive ketones (excluding diaryl/α,β-unsaturated/α-hetero) is 1. The highest BCUT2D eigenvalue weighted by Gasteiger charge is 2.29. The molecule has 1 aromatic carbocycles. The number of carbonyl (C=O) groups excluding carboxylic acids is 1. The lowest BCUT2D eigenvalue weighted by Gasteiger charge is -2.27. The number of ketones is 1. The van der Waals surface area contributed by atoms with E-state index < -0.39 is 0 Å². The average Bonchev–Trinajstić information content (AvgIpc) is 2.39. The van der Waals surface area contributed by atoms with E-state index in [-0.39, 0.29) is 11.9 Å². The van der Waals surface area contributed by atoms with Gasteiger partial charge >= 0.3 is 0 Å². The monoisotopic (exact) mass is 232 g/mol. The van der Waals surface area contributed by atoms with Gasteiger partial charge in [-0.25, -0.2) is 0 Å². The van der Waals surface area contributed by atoms with Crippen molar-refractivity contribution in [3.63, 3.8) is 0 Å². The second kappa shape index (κ2) is 5.46. The van der Waals surface area contributed by atoms with Crippen LogP contribution >= 0.6 is 0 Å². The summed E-state index contributed by atoms with van der Waals surface area (Å²) >= 11 is 0. The second-order valence-corrected chi connectivity index (χ2v) is 4.76. The van der Waals surface area contributed by atoms with E-state index in [2.05, 4.69) is 31.2 Å². The highest BCUT2D eigenvalue weighted by molar-refractivity contribution is 5.84. The van der Waals surface area contributed by atoms with Crippen LogP contribution in [0.25, 0.3) is 0 Å². The first-order valence-corrected chi connectivity index (χ1v) is 6.39. The Kier molecular flexibility index (Phi) is 3.95. The zero-order valence-corrected chi connectivity index (χ0v) is 10.6. The summed E-state index contributed by atoms with van der Waals surface area (Å²) in [6, 6.07) is 8.78. The van der Waals surface area contributed by atoms with Gasteiger partial charge in [-0.3, -0.25) is 4.79 Å². The zero-order chi connectivity index (χ0) is 12.3. The fraction of sp³-hybridized carbons (Fsp3) is 0.533. The van der Waals surface area contributed by atoms with Crippen LogP contribution in [0.4, 0.5) is 0 Å². The van der Waals surface area contributed by atoms with Crippen LogP contribution in [0.2, 0.25) is 0 Å². The van der Waals surface area contributed by atoms with Gasteiger partial charge in [-0.2, -0.15) is 0 Å². The van der Waals surface area contributed by atoms with E-state index in [1.807, 2.05) is 0 Å². The van der Waals surface area contributed by atoms with E-state index in [1.165, 1.54) is 11.1 Å². The van der Waals surface area contributed by atoms with Gasteiger partial charge in [0.1, 0.15) is 6.10 Å². The maximum Gasteiger partial charge on any atom is 0.161 e. The molecule has 92 valence electrons. The van der Waals surface area contributed by atoms with Crippen molar-refractivity contribution in [3.8, 4) is 0 Å². The summed E-state index contributed by atoms with van der Waals surface area (Å²) in [5.74, 6) is 0.734. The fourth-order valence-electron chi connectivity index (χ4n) is 2.54. The van der Waals surface area contributed by atoms with Gasteiger partial charge in [-0.05, 0) is 36.3 Å². The Hall–Kier alpha value is -1.15. The molecular formula is C15H20O2. The van der Waals surface area contributed by atoms with Crippen LogP contribution in [0.5, 0.6) is 0 Å². The maximum absolute atomic E-state index is 11.6. The van der Waals surface area contributed by atoms with Gasteiger partial charge in [0.25, 0.3) is 0 Å². The van der Waals surface area contributed by atoms with Crippen molar-refractivity contribution < 1.29 is 9.53 Å². The molecule has 0 unspecified atom stereocenters. The number of ether oxygens (including phenoxy) is 1. The Labute approximate surface area is 103 Å². The number of carbonyl (C=O) groups is 1. The van der Waals surface area contributed by atoms with E-state index >= 15 is 0 Å². The predicted molar refractivity (Wildman–Crippen MR) is 68.2 cm³/mol. The van der Waals surface area contributed by atoms with E-state index in [9.17, 15) is 4.79 Å². The number of methoxy groups -OCH3 is 1. The third-order valence-corrected chi connectivity index (χ3v) is 3.74. The van der Waals surface area contributed by atoms with Gasteiger partial charge < -0.3 is 4.74 Å². The highest BCUT2D eigenvalue weighted by Crippen LogP contribution is 2.32. The Balaban J connectivity index is 2.09. The molecule has 0 N–H and O–H groups in total. The summed E-state index contributed by atoms with van der Waals surface area (Å²) in [7, 11) is 1.63. The minimum Gasteiger partial charge on any atom is -0.374 e. The molecule has 0 bridgehead atoms. The van der Waals surface area contributed by atoms with Crippen LogP contribution in [0.1, 0.15) is 43.2 Å². The van der Waals surface area contributed by atoms with Crippen molar-refractivity contribution in [2.75, 3.05) is 7.11 Å². The topological polar surface area (TPSA) is 26.3 Å². The highest BCUT2D eigenvalue weighted by atomic mass is 16.5. The minimum atomic E-state index is -0.195. The zero-order valence-electron chi connectivity index (χ0n) is 10.6. The molecule has 1 aliphatic rings. The third-order valence-electron chi connectivity index (χ3n) is 3.74. The molecule has 1 saturated carbocycles. The van der Waals surface area contributed by atoms with Crippen molar-refractivity contribution in [3.05, 3.63) is 35.4 Å². The molecule has 0 aromatic heterocycles. The number of hydrogen-bond donors (Lipinski definition) is 0. The van der Waals surface area contributed by atoms with Gasteiger partial charge in [0, 0.05) is 13.5 Å². The fourth-order valence-corrected chi connectivity index (χ4v) is 2.54. The summed E-state index contributed by atoms with van der Waals surface area (Å²) in [6.45, 7) is 2.16. The molecular weight excluding hydrogens is 212 g/mol. The molecule has 0 amide bonds. The Morgan fingerprint density at radius 1 is 1.29 bits per heavy atom. The van der Waals surface area contributed by atoms with E-state index in [0.717, 1.165) is 19.3 Å². The number of hydrogen-bond acceptors (Lipinski definition) is 2. The van der Waals surface area contributed by atoms with E-state index in [1.54, 1.807) is 7.11 Å². The molecule has 0 aliphatic heterocycles. The average molecular weight is 232 g/mol. The minimum absolute atomic E-state index is 0.195. The first-order chi connectivity index (χ1) is 8.24. The van der Waals surface area contributed by atoms with Crippen molar-refractivity contribution >= 4 is 5.78 Å². The van der Waals surface area contributed by atoms with Crippen LogP contribution in [-0.2, 0) is 16.0 Å². The molecule has 0 radical (unpaired) electrons. The molecule has 17 heavy (non-hydrogen) atoms. The second-order valence-electron chi connectivity index (χ2n) is 4.76. The van der Waals surface area contributed by atoms with E-state index in [0.29, 0.717) is 12.3 Å². The smallest absolute Gasteiger partial charge is 0.161 e. The van der Waals surface area contributed by atoms with Crippen molar-refractivity contribution in [2.45, 2.75) is 44.6 Å². The molecule has 1 fully saturated rings. The van der Waals surface area contributed by atoms with E-state index in [4.69, 9.17) is 4.74 Å². The number of benzene rings is 1.